The predicted octanol–water partition coefficient (Wildman–Crippen LogP) is 2.78. The molecule has 0 aromatic heterocycles. The Bertz CT molecular complexity index is 205. The molecule has 3 N–H and O–H groups in total. The molecule has 100 valence electrons. The Morgan fingerprint density at radius 1 is 1.35 bits per heavy atom. The summed E-state index contributed by atoms with van der Waals surface area (Å²) in [5.41, 5.74) is 5.49. The Morgan fingerprint density at radius 3 is 2.76 bits per heavy atom. The van der Waals surface area contributed by atoms with Gasteiger partial charge < -0.3 is 11.1 Å². The van der Waals surface area contributed by atoms with Gasteiger partial charge in [0.15, 0.2) is 5.17 Å². The van der Waals surface area contributed by atoms with Gasteiger partial charge in [-0.05, 0) is 6.42 Å². The van der Waals surface area contributed by atoms with E-state index in [0.29, 0.717) is 6.54 Å². The van der Waals surface area contributed by atoms with E-state index >= 15 is 0 Å². The fourth-order valence-corrected chi connectivity index (χ4v) is 2.04. The van der Waals surface area contributed by atoms with Crippen LogP contribution in [0.25, 0.3) is 0 Å². The smallest absolute Gasteiger partial charge is 0.156 e. The van der Waals surface area contributed by atoms with Crippen LogP contribution in [0.2, 0.25) is 0 Å². The summed E-state index contributed by atoms with van der Waals surface area (Å²) in [4.78, 5) is 4.56. The van der Waals surface area contributed by atoms with E-state index in [0.717, 1.165) is 24.0 Å². The zero-order valence-corrected chi connectivity index (χ0v) is 11.9. The SMILES string of the molecule is C=CCNC(=NCCCCCCC)SCCN. The van der Waals surface area contributed by atoms with Crippen LogP contribution in [0.5, 0.6) is 0 Å². The van der Waals surface area contributed by atoms with E-state index in [1.807, 2.05) is 6.08 Å². The molecule has 0 spiro atoms. The molecule has 0 atom stereocenters. The molecular weight excluding hydrogens is 230 g/mol. The highest BCUT2D eigenvalue weighted by Crippen LogP contribution is 2.04. The van der Waals surface area contributed by atoms with Crippen LogP contribution < -0.4 is 11.1 Å². The Morgan fingerprint density at radius 2 is 2.12 bits per heavy atom. The maximum absolute atomic E-state index is 5.49. The molecule has 0 bridgehead atoms. The zero-order valence-electron chi connectivity index (χ0n) is 11.1. The third-order valence-corrected chi connectivity index (χ3v) is 3.26. The molecule has 0 aromatic rings. The second-order valence-corrected chi connectivity index (χ2v) is 4.99. The van der Waals surface area contributed by atoms with Gasteiger partial charge in [0.05, 0.1) is 0 Å². The average molecular weight is 257 g/mol. The minimum atomic E-state index is 0.690. The normalized spacial score (nSPS) is 11.5. The van der Waals surface area contributed by atoms with E-state index in [4.69, 9.17) is 5.73 Å². The van der Waals surface area contributed by atoms with Crippen molar-refractivity contribution in [3.05, 3.63) is 12.7 Å². The van der Waals surface area contributed by atoms with Crippen molar-refractivity contribution in [3.63, 3.8) is 0 Å². The molecule has 0 unspecified atom stereocenters. The number of hydrogen-bond donors (Lipinski definition) is 2. The largest absolute Gasteiger partial charge is 0.361 e. The molecule has 0 saturated carbocycles. The number of unbranched alkanes of at least 4 members (excludes halogenated alkanes) is 4. The number of rotatable bonds is 10. The van der Waals surface area contributed by atoms with Gasteiger partial charge in [-0.2, -0.15) is 0 Å². The second kappa shape index (κ2) is 13.6. The van der Waals surface area contributed by atoms with Gasteiger partial charge in [0.1, 0.15) is 0 Å². The lowest BCUT2D eigenvalue weighted by Gasteiger charge is -2.07. The van der Waals surface area contributed by atoms with Crippen LogP contribution in [-0.2, 0) is 0 Å². The van der Waals surface area contributed by atoms with Crippen molar-refractivity contribution in [2.24, 2.45) is 10.7 Å². The van der Waals surface area contributed by atoms with Crippen molar-refractivity contribution >= 4 is 16.9 Å². The number of nitrogens with one attached hydrogen (secondary N) is 1. The highest BCUT2D eigenvalue weighted by Gasteiger charge is 1.97. The first kappa shape index (κ1) is 16.5. The van der Waals surface area contributed by atoms with E-state index < -0.39 is 0 Å². The number of nitrogens with two attached hydrogens (primary N) is 1. The Hall–Kier alpha value is -0.480. The molecule has 17 heavy (non-hydrogen) atoms. The lowest BCUT2D eigenvalue weighted by Crippen LogP contribution is -2.22. The van der Waals surface area contributed by atoms with Crippen molar-refractivity contribution in [1.82, 2.24) is 5.32 Å². The minimum Gasteiger partial charge on any atom is -0.361 e. The molecule has 0 rings (SSSR count). The molecule has 0 heterocycles. The molecule has 0 aliphatic rings. The van der Waals surface area contributed by atoms with Crippen molar-refractivity contribution in [1.29, 1.82) is 0 Å². The summed E-state index contributed by atoms with van der Waals surface area (Å²) in [6.07, 6.45) is 8.28. The van der Waals surface area contributed by atoms with E-state index in [1.54, 1.807) is 11.8 Å². The highest BCUT2D eigenvalue weighted by atomic mass is 32.2. The zero-order chi connectivity index (χ0) is 12.8. The summed E-state index contributed by atoms with van der Waals surface area (Å²) >= 11 is 1.70. The summed E-state index contributed by atoms with van der Waals surface area (Å²) in [6.45, 7) is 8.30. The highest BCUT2D eigenvalue weighted by molar-refractivity contribution is 8.13. The van der Waals surface area contributed by atoms with Crippen LogP contribution in [0.1, 0.15) is 39.0 Å². The van der Waals surface area contributed by atoms with Gasteiger partial charge in [0, 0.05) is 25.4 Å². The van der Waals surface area contributed by atoms with Crippen LogP contribution >= 0.6 is 11.8 Å². The maximum atomic E-state index is 5.49. The standard InChI is InChI=1S/C13H27N3S/c1-3-5-6-7-8-11-16-13(15-10-4-2)17-12-9-14/h4H,2-3,5-12,14H2,1H3,(H,15,16). The fourth-order valence-electron chi connectivity index (χ4n) is 1.36. The van der Waals surface area contributed by atoms with E-state index in [9.17, 15) is 0 Å². The van der Waals surface area contributed by atoms with E-state index in [2.05, 4.69) is 23.8 Å². The van der Waals surface area contributed by atoms with Crippen molar-refractivity contribution < 1.29 is 0 Å². The molecule has 0 aromatic carbocycles. The van der Waals surface area contributed by atoms with Gasteiger partial charge >= 0.3 is 0 Å². The summed E-state index contributed by atoms with van der Waals surface area (Å²) in [6, 6.07) is 0. The first-order valence-electron chi connectivity index (χ1n) is 6.57. The third kappa shape index (κ3) is 11.8. The Labute approximate surface area is 110 Å². The maximum Gasteiger partial charge on any atom is 0.156 e. The van der Waals surface area contributed by atoms with Gasteiger partial charge in [-0.3, -0.25) is 4.99 Å². The van der Waals surface area contributed by atoms with Crippen molar-refractivity contribution in [3.8, 4) is 0 Å². The summed E-state index contributed by atoms with van der Waals surface area (Å²) in [5, 5.41) is 4.25. The molecule has 3 nitrogen and oxygen atoms in total. The summed E-state index contributed by atoms with van der Waals surface area (Å²) < 4.78 is 0. The molecule has 0 fully saturated rings. The minimum absolute atomic E-state index is 0.690. The summed E-state index contributed by atoms with van der Waals surface area (Å²) in [5.74, 6) is 0.915. The first-order valence-corrected chi connectivity index (χ1v) is 7.55. The van der Waals surface area contributed by atoms with Gasteiger partial charge in [-0.25, -0.2) is 0 Å². The monoisotopic (exact) mass is 257 g/mol. The first-order chi connectivity index (χ1) is 8.35. The Balaban J connectivity index is 3.71. The molecule has 0 aliphatic heterocycles. The van der Waals surface area contributed by atoms with Gasteiger partial charge in [-0.1, -0.05) is 50.4 Å². The van der Waals surface area contributed by atoms with Crippen LogP contribution in [0.15, 0.2) is 17.6 Å². The topological polar surface area (TPSA) is 50.4 Å². The average Bonchev–Trinajstić information content (AvgIpc) is 2.35. The van der Waals surface area contributed by atoms with Crippen LogP contribution in [0, 0.1) is 0 Å². The Kier molecular flexibility index (Phi) is 13.2. The van der Waals surface area contributed by atoms with Crippen LogP contribution in [0.4, 0.5) is 0 Å². The number of thioether (sulfide) groups is 1. The van der Waals surface area contributed by atoms with Crippen LogP contribution in [-0.4, -0.2) is 30.6 Å². The summed E-state index contributed by atoms with van der Waals surface area (Å²) in [7, 11) is 0. The molecule has 4 heteroatoms. The molecule has 0 saturated heterocycles. The van der Waals surface area contributed by atoms with Crippen molar-refractivity contribution in [2.45, 2.75) is 39.0 Å². The number of aliphatic imine (C=N–C) groups is 1. The number of hydrogen-bond acceptors (Lipinski definition) is 3. The van der Waals surface area contributed by atoms with Gasteiger partial charge in [0.2, 0.25) is 0 Å². The van der Waals surface area contributed by atoms with E-state index in [1.165, 1.54) is 32.1 Å². The van der Waals surface area contributed by atoms with E-state index in [-0.39, 0.29) is 0 Å². The van der Waals surface area contributed by atoms with Gasteiger partial charge in [0.25, 0.3) is 0 Å². The second-order valence-electron chi connectivity index (χ2n) is 3.91. The quantitative estimate of drug-likeness (QED) is 0.274. The molecule has 0 amide bonds. The lowest BCUT2D eigenvalue weighted by molar-refractivity contribution is 0.638. The lowest BCUT2D eigenvalue weighted by atomic mass is 10.2. The number of nitrogens with zero attached hydrogens (tertiary/aromatic N) is 1. The fraction of sp³-hybridized carbons (Fsp3) is 0.769. The predicted molar refractivity (Wildman–Crippen MR) is 80.8 cm³/mol. The van der Waals surface area contributed by atoms with Crippen LogP contribution in [0.3, 0.4) is 0 Å². The third-order valence-electron chi connectivity index (χ3n) is 2.27. The van der Waals surface area contributed by atoms with Gasteiger partial charge in [-0.15, -0.1) is 6.58 Å². The molecule has 0 aliphatic carbocycles. The number of amidine groups is 1. The molecular formula is C13H27N3S. The molecule has 0 radical (unpaired) electrons. The van der Waals surface area contributed by atoms with Crippen molar-refractivity contribution in [2.75, 3.05) is 25.4 Å².